The molecule has 1 unspecified atom stereocenters. The van der Waals surface area contributed by atoms with Gasteiger partial charge >= 0.3 is 7.12 Å². The van der Waals surface area contributed by atoms with E-state index in [-0.39, 0.29) is 22.7 Å². The highest BCUT2D eigenvalue weighted by Crippen LogP contribution is 2.48. The van der Waals surface area contributed by atoms with E-state index in [1.54, 1.807) is 0 Å². The van der Waals surface area contributed by atoms with Crippen molar-refractivity contribution in [2.24, 2.45) is 0 Å². The number of benzene rings is 1. The largest absolute Gasteiger partial charge is 0.494 e. The van der Waals surface area contributed by atoms with Crippen LogP contribution in [0.1, 0.15) is 78.7 Å². The zero-order chi connectivity index (χ0) is 18.6. The first-order valence-electron chi connectivity index (χ1n) is 9.39. The minimum absolute atomic E-state index is 0.204. The molecule has 0 aromatic heterocycles. The topological polar surface area (TPSA) is 50.7 Å². The molecule has 5 heteroatoms. The number of nitrogens with one attached hydrogen (secondary N) is 1. The summed E-state index contributed by atoms with van der Waals surface area (Å²) in [6.45, 7) is 14.6. The molecule has 3 rings (SSSR count). The second-order valence-electron chi connectivity index (χ2n) is 9.26. The second kappa shape index (κ2) is 6.09. The molecule has 1 aliphatic carbocycles. The van der Waals surface area contributed by atoms with Gasteiger partial charge in [0.05, 0.1) is 11.2 Å². The third kappa shape index (κ3) is 3.66. The molecule has 1 saturated heterocycles. The van der Waals surface area contributed by atoms with Gasteiger partial charge in [-0.3, -0.25) is 5.32 Å². The van der Waals surface area contributed by atoms with Gasteiger partial charge in [0.15, 0.2) is 0 Å². The van der Waals surface area contributed by atoms with E-state index in [0.29, 0.717) is 0 Å². The Morgan fingerprint density at radius 3 is 2.04 bits per heavy atom. The van der Waals surface area contributed by atoms with Gasteiger partial charge in [-0.15, -0.1) is 0 Å². The molecular weight excluding hydrogens is 313 g/mol. The first kappa shape index (κ1) is 18.9. The summed E-state index contributed by atoms with van der Waals surface area (Å²) in [7, 11) is -0.405. The van der Waals surface area contributed by atoms with Crippen LogP contribution in [0.3, 0.4) is 0 Å². The Kier molecular flexibility index (Phi) is 4.60. The standard InChI is InChI=1S/C20H32BNO3/c1-13(2)22-17(23)14-10-15(20(7)8-9-20)12-16(11-14)21-24-18(3,4)19(5,6)25-21/h10-13,17,22-23H,8-9H2,1-7H3. The van der Waals surface area contributed by atoms with Crippen molar-refractivity contribution in [2.45, 2.75) is 90.2 Å². The lowest BCUT2D eigenvalue weighted by Crippen LogP contribution is -2.41. The Morgan fingerprint density at radius 1 is 1.00 bits per heavy atom. The third-order valence-electron chi connectivity index (χ3n) is 6.01. The second-order valence-corrected chi connectivity index (χ2v) is 9.26. The molecule has 0 radical (unpaired) electrons. The lowest BCUT2D eigenvalue weighted by Gasteiger charge is -2.32. The van der Waals surface area contributed by atoms with Crippen LogP contribution in [0.4, 0.5) is 0 Å². The summed E-state index contributed by atoms with van der Waals surface area (Å²) in [6, 6.07) is 6.54. The normalized spacial score (nSPS) is 24.6. The Labute approximate surface area is 152 Å². The summed E-state index contributed by atoms with van der Waals surface area (Å²) >= 11 is 0. The highest BCUT2D eigenvalue weighted by molar-refractivity contribution is 6.62. The van der Waals surface area contributed by atoms with Crippen molar-refractivity contribution in [3.05, 3.63) is 29.3 Å². The van der Waals surface area contributed by atoms with Gasteiger partial charge in [-0.2, -0.15) is 0 Å². The van der Waals surface area contributed by atoms with Crippen molar-refractivity contribution in [2.75, 3.05) is 0 Å². The lowest BCUT2D eigenvalue weighted by atomic mass is 9.76. The summed E-state index contributed by atoms with van der Waals surface area (Å²) in [5, 5.41) is 13.8. The van der Waals surface area contributed by atoms with Gasteiger partial charge in [0, 0.05) is 6.04 Å². The number of aliphatic hydroxyl groups is 1. The van der Waals surface area contributed by atoms with Gasteiger partial charge in [-0.25, -0.2) is 0 Å². The molecule has 25 heavy (non-hydrogen) atoms. The monoisotopic (exact) mass is 345 g/mol. The van der Waals surface area contributed by atoms with Crippen molar-refractivity contribution >= 4 is 12.6 Å². The maximum atomic E-state index is 10.6. The van der Waals surface area contributed by atoms with Crippen LogP contribution < -0.4 is 10.8 Å². The highest BCUT2D eigenvalue weighted by atomic mass is 16.7. The quantitative estimate of drug-likeness (QED) is 0.636. The van der Waals surface area contributed by atoms with Crippen LogP contribution in [0.5, 0.6) is 0 Å². The smallest absolute Gasteiger partial charge is 0.399 e. The minimum atomic E-state index is -0.691. The molecule has 2 fully saturated rings. The number of rotatable bonds is 5. The van der Waals surface area contributed by atoms with Gasteiger partial charge in [-0.05, 0) is 76.4 Å². The van der Waals surface area contributed by atoms with Crippen LogP contribution in [-0.2, 0) is 14.7 Å². The van der Waals surface area contributed by atoms with Crippen LogP contribution in [0.15, 0.2) is 18.2 Å². The van der Waals surface area contributed by atoms with Gasteiger partial charge in [0.1, 0.15) is 6.23 Å². The van der Waals surface area contributed by atoms with Gasteiger partial charge in [0.25, 0.3) is 0 Å². The van der Waals surface area contributed by atoms with E-state index in [2.05, 4.69) is 52.1 Å². The summed E-state index contributed by atoms with van der Waals surface area (Å²) in [5.74, 6) is 0. The zero-order valence-corrected chi connectivity index (χ0v) is 16.6. The molecule has 1 aliphatic heterocycles. The zero-order valence-electron chi connectivity index (χ0n) is 16.6. The Bertz CT molecular complexity index is 636. The predicted molar refractivity (Wildman–Crippen MR) is 102 cm³/mol. The van der Waals surface area contributed by atoms with E-state index in [9.17, 15) is 5.11 Å². The van der Waals surface area contributed by atoms with Crippen LogP contribution in [0.25, 0.3) is 0 Å². The number of aliphatic hydroxyl groups excluding tert-OH is 1. The van der Waals surface area contributed by atoms with Crippen molar-refractivity contribution in [3.63, 3.8) is 0 Å². The minimum Gasteiger partial charge on any atom is -0.399 e. The molecular formula is C20H32BNO3. The van der Waals surface area contributed by atoms with Crippen molar-refractivity contribution in [1.29, 1.82) is 0 Å². The van der Waals surface area contributed by atoms with Crippen molar-refractivity contribution in [1.82, 2.24) is 5.32 Å². The first-order chi connectivity index (χ1) is 11.4. The molecule has 0 spiro atoms. The summed E-state index contributed by atoms with van der Waals surface area (Å²) in [6.07, 6.45) is 1.68. The molecule has 1 saturated carbocycles. The summed E-state index contributed by atoms with van der Waals surface area (Å²) in [5.41, 5.74) is 2.61. The van der Waals surface area contributed by atoms with Crippen LogP contribution in [-0.4, -0.2) is 29.5 Å². The third-order valence-corrected chi connectivity index (χ3v) is 6.01. The Balaban J connectivity index is 1.96. The van der Waals surface area contributed by atoms with Gasteiger partial charge < -0.3 is 14.4 Å². The predicted octanol–water partition coefficient (Wildman–Crippen LogP) is 3.03. The van der Waals surface area contributed by atoms with E-state index in [1.165, 1.54) is 18.4 Å². The summed E-state index contributed by atoms with van der Waals surface area (Å²) < 4.78 is 12.5. The molecule has 1 atom stereocenters. The van der Waals surface area contributed by atoms with E-state index in [0.717, 1.165) is 11.0 Å². The molecule has 138 valence electrons. The molecule has 2 aliphatic rings. The Hall–Kier alpha value is -0.875. The number of hydrogen-bond donors (Lipinski definition) is 2. The SMILES string of the molecule is CC(C)NC(O)c1cc(B2OC(C)(C)C(C)(C)O2)cc(C2(C)CC2)c1. The fourth-order valence-corrected chi connectivity index (χ4v) is 3.19. The fourth-order valence-electron chi connectivity index (χ4n) is 3.19. The average molecular weight is 345 g/mol. The lowest BCUT2D eigenvalue weighted by molar-refractivity contribution is 0.00578. The van der Waals surface area contributed by atoms with Gasteiger partial charge in [-0.1, -0.05) is 25.1 Å². The van der Waals surface area contributed by atoms with Crippen LogP contribution in [0, 0.1) is 0 Å². The maximum absolute atomic E-state index is 10.6. The van der Waals surface area contributed by atoms with Gasteiger partial charge in [0.2, 0.25) is 0 Å². The average Bonchev–Trinajstić information content (AvgIpc) is 3.19. The Morgan fingerprint density at radius 2 is 1.56 bits per heavy atom. The molecule has 4 nitrogen and oxygen atoms in total. The van der Waals surface area contributed by atoms with Crippen molar-refractivity contribution < 1.29 is 14.4 Å². The molecule has 0 amide bonds. The van der Waals surface area contributed by atoms with Crippen LogP contribution >= 0.6 is 0 Å². The van der Waals surface area contributed by atoms with Crippen molar-refractivity contribution in [3.8, 4) is 0 Å². The van der Waals surface area contributed by atoms with Crippen LogP contribution in [0.2, 0.25) is 0 Å². The number of hydrogen-bond acceptors (Lipinski definition) is 4. The molecule has 1 aromatic rings. The first-order valence-corrected chi connectivity index (χ1v) is 9.39. The molecule has 2 N–H and O–H groups in total. The maximum Gasteiger partial charge on any atom is 0.494 e. The highest BCUT2D eigenvalue weighted by Gasteiger charge is 2.52. The molecule has 1 aromatic carbocycles. The van der Waals surface area contributed by atoms with E-state index in [1.807, 2.05) is 19.9 Å². The van der Waals surface area contributed by atoms with E-state index < -0.39 is 13.3 Å². The fraction of sp³-hybridized carbons (Fsp3) is 0.700. The van der Waals surface area contributed by atoms with E-state index in [4.69, 9.17) is 9.31 Å². The molecule has 0 bridgehead atoms. The van der Waals surface area contributed by atoms with E-state index >= 15 is 0 Å². The summed E-state index contributed by atoms with van der Waals surface area (Å²) in [4.78, 5) is 0. The molecule has 1 heterocycles.